The van der Waals surface area contributed by atoms with Gasteiger partial charge in [-0.25, -0.2) is 0 Å². The van der Waals surface area contributed by atoms with E-state index < -0.39 is 24.5 Å². The minimum atomic E-state index is -1.03. The lowest BCUT2D eigenvalue weighted by atomic mass is 10.3. The Labute approximate surface area is 94.5 Å². The van der Waals surface area contributed by atoms with Gasteiger partial charge >= 0.3 is 11.9 Å². The van der Waals surface area contributed by atoms with Crippen molar-refractivity contribution in [2.24, 2.45) is 0 Å². The summed E-state index contributed by atoms with van der Waals surface area (Å²) in [4.78, 5) is 21.3. The minimum absolute atomic E-state index is 0.161. The molecule has 2 atom stereocenters. The summed E-state index contributed by atoms with van der Waals surface area (Å²) in [6.07, 6.45) is -1.62. The smallest absolute Gasteiger partial charge is 0.308 e. The van der Waals surface area contributed by atoms with Gasteiger partial charge in [0, 0.05) is 6.61 Å². The Morgan fingerprint density at radius 1 is 1.19 bits per heavy atom. The van der Waals surface area contributed by atoms with E-state index >= 15 is 0 Å². The molecule has 0 aromatic rings. The predicted molar refractivity (Wildman–Crippen MR) is 54.6 cm³/mol. The fourth-order valence-corrected chi connectivity index (χ4v) is 1.02. The first kappa shape index (κ1) is 14.9. The van der Waals surface area contributed by atoms with E-state index in [1.807, 2.05) is 6.92 Å². The van der Waals surface area contributed by atoms with Crippen molar-refractivity contribution in [3.8, 4) is 0 Å². The number of aliphatic carboxylic acids is 1. The normalized spacial score (nSPS) is 14.2. The maximum absolute atomic E-state index is 11.1. The van der Waals surface area contributed by atoms with E-state index in [4.69, 9.17) is 19.3 Å². The van der Waals surface area contributed by atoms with Crippen molar-refractivity contribution in [2.45, 2.75) is 46.2 Å². The molecule has 0 spiro atoms. The number of carbonyl (C=O) groups is 2. The molecule has 0 radical (unpaired) electrons. The van der Waals surface area contributed by atoms with Crippen LogP contribution in [0.5, 0.6) is 0 Å². The van der Waals surface area contributed by atoms with Gasteiger partial charge in [0.1, 0.15) is 0 Å². The monoisotopic (exact) mass is 234 g/mol. The van der Waals surface area contributed by atoms with Crippen LogP contribution in [0.2, 0.25) is 0 Å². The molecule has 0 rings (SSSR count). The summed E-state index contributed by atoms with van der Waals surface area (Å²) in [5.41, 5.74) is 0. The molecule has 6 nitrogen and oxygen atoms in total. The van der Waals surface area contributed by atoms with Crippen LogP contribution in [0.3, 0.4) is 0 Å². The summed E-state index contributed by atoms with van der Waals surface area (Å²) in [7, 11) is 0. The Kier molecular flexibility index (Phi) is 7.49. The highest BCUT2D eigenvalue weighted by molar-refractivity contribution is 5.76. The van der Waals surface area contributed by atoms with Gasteiger partial charge in [-0.15, -0.1) is 0 Å². The van der Waals surface area contributed by atoms with E-state index in [2.05, 4.69) is 0 Å². The first-order chi connectivity index (χ1) is 7.45. The second-order valence-corrected chi connectivity index (χ2v) is 3.11. The molecule has 0 aliphatic carbocycles. The first-order valence-corrected chi connectivity index (χ1v) is 5.14. The second-order valence-electron chi connectivity index (χ2n) is 3.11. The summed E-state index contributed by atoms with van der Waals surface area (Å²) >= 11 is 0. The molecule has 0 fully saturated rings. The van der Waals surface area contributed by atoms with Gasteiger partial charge in [0.05, 0.1) is 12.8 Å². The Morgan fingerprint density at radius 3 is 2.31 bits per heavy atom. The van der Waals surface area contributed by atoms with Gasteiger partial charge in [-0.05, 0) is 20.8 Å². The number of carbonyl (C=O) groups excluding carboxylic acids is 1. The van der Waals surface area contributed by atoms with Gasteiger partial charge in [-0.2, -0.15) is 0 Å². The maximum Gasteiger partial charge on any atom is 0.308 e. The van der Waals surface area contributed by atoms with Gasteiger partial charge < -0.3 is 19.3 Å². The summed E-state index contributed by atoms with van der Waals surface area (Å²) in [5, 5.41) is 8.35. The van der Waals surface area contributed by atoms with Gasteiger partial charge in [0.15, 0.2) is 6.29 Å². The van der Waals surface area contributed by atoms with Crippen LogP contribution in [0, 0.1) is 0 Å². The van der Waals surface area contributed by atoms with Crippen LogP contribution in [-0.2, 0) is 23.8 Å². The lowest BCUT2D eigenvalue weighted by Gasteiger charge is -2.18. The Balaban J connectivity index is 3.73. The van der Waals surface area contributed by atoms with Crippen molar-refractivity contribution in [2.75, 3.05) is 6.61 Å². The molecule has 0 aliphatic heterocycles. The Bertz CT molecular complexity index is 227. The first-order valence-electron chi connectivity index (χ1n) is 5.14. The number of esters is 1. The molecule has 0 saturated carbocycles. The van der Waals surface area contributed by atoms with E-state index in [0.29, 0.717) is 6.61 Å². The third-order valence-corrected chi connectivity index (χ3v) is 1.63. The highest BCUT2D eigenvalue weighted by Gasteiger charge is 2.14. The van der Waals surface area contributed by atoms with Gasteiger partial charge in [-0.1, -0.05) is 0 Å². The molecule has 0 saturated heterocycles. The predicted octanol–water partition coefficient (Wildman–Crippen LogP) is 1.14. The fraction of sp³-hybridized carbons (Fsp3) is 0.800. The zero-order chi connectivity index (χ0) is 12.6. The summed E-state index contributed by atoms with van der Waals surface area (Å²) < 4.78 is 15.1. The summed E-state index contributed by atoms with van der Waals surface area (Å²) in [6, 6.07) is 0. The van der Waals surface area contributed by atoms with E-state index in [1.165, 1.54) is 0 Å². The van der Waals surface area contributed by atoms with Crippen LogP contribution in [0.25, 0.3) is 0 Å². The highest BCUT2D eigenvalue weighted by atomic mass is 16.8. The Hall–Kier alpha value is -1.14. The zero-order valence-corrected chi connectivity index (χ0v) is 9.76. The van der Waals surface area contributed by atoms with Crippen LogP contribution in [0.1, 0.15) is 33.6 Å². The molecule has 0 aliphatic rings. The highest BCUT2D eigenvalue weighted by Crippen LogP contribution is 2.03. The average molecular weight is 234 g/mol. The maximum atomic E-state index is 11.1. The van der Waals surface area contributed by atoms with Crippen molar-refractivity contribution in [3.63, 3.8) is 0 Å². The number of hydrogen-bond donors (Lipinski definition) is 1. The minimum Gasteiger partial charge on any atom is -0.481 e. The van der Waals surface area contributed by atoms with Crippen molar-refractivity contribution in [3.05, 3.63) is 0 Å². The standard InChI is InChI=1S/C10H18O6/c1-4-14-7(2)15-8(3)16-10(13)6-5-9(11)12/h7-8H,4-6H2,1-3H3,(H,11,12). The molecule has 0 heterocycles. The fourth-order valence-electron chi connectivity index (χ4n) is 1.02. The quantitative estimate of drug-likeness (QED) is 0.501. The second kappa shape index (κ2) is 8.06. The topological polar surface area (TPSA) is 82.1 Å². The number of carboxylic acid groups (broad SMARTS) is 1. The average Bonchev–Trinajstić information content (AvgIpc) is 2.14. The zero-order valence-electron chi connectivity index (χ0n) is 9.76. The van der Waals surface area contributed by atoms with E-state index in [0.717, 1.165) is 0 Å². The largest absolute Gasteiger partial charge is 0.481 e. The van der Waals surface area contributed by atoms with Crippen molar-refractivity contribution in [1.29, 1.82) is 0 Å². The van der Waals surface area contributed by atoms with Gasteiger partial charge in [0.2, 0.25) is 6.29 Å². The van der Waals surface area contributed by atoms with Crippen molar-refractivity contribution in [1.82, 2.24) is 0 Å². The van der Waals surface area contributed by atoms with Crippen LogP contribution < -0.4 is 0 Å². The van der Waals surface area contributed by atoms with Crippen LogP contribution in [-0.4, -0.2) is 36.2 Å². The van der Waals surface area contributed by atoms with Crippen LogP contribution in [0.15, 0.2) is 0 Å². The third kappa shape index (κ3) is 8.19. The number of ether oxygens (including phenoxy) is 3. The lowest BCUT2D eigenvalue weighted by Crippen LogP contribution is -2.24. The molecule has 0 amide bonds. The van der Waals surface area contributed by atoms with E-state index in [1.54, 1.807) is 13.8 Å². The van der Waals surface area contributed by atoms with Crippen LogP contribution in [0.4, 0.5) is 0 Å². The molecular weight excluding hydrogens is 216 g/mol. The van der Waals surface area contributed by atoms with Crippen molar-refractivity contribution >= 4 is 11.9 Å². The molecule has 94 valence electrons. The Morgan fingerprint density at radius 2 is 1.81 bits per heavy atom. The van der Waals surface area contributed by atoms with Crippen LogP contribution >= 0.6 is 0 Å². The van der Waals surface area contributed by atoms with Crippen molar-refractivity contribution < 1.29 is 28.9 Å². The lowest BCUT2D eigenvalue weighted by molar-refractivity contribution is -0.228. The van der Waals surface area contributed by atoms with E-state index in [9.17, 15) is 9.59 Å². The number of rotatable bonds is 8. The number of carboxylic acids is 1. The third-order valence-electron chi connectivity index (χ3n) is 1.63. The van der Waals surface area contributed by atoms with Gasteiger partial charge in [-0.3, -0.25) is 9.59 Å². The summed E-state index contributed by atoms with van der Waals surface area (Å²) in [6.45, 7) is 5.56. The van der Waals surface area contributed by atoms with E-state index in [-0.39, 0.29) is 12.8 Å². The van der Waals surface area contributed by atoms with Gasteiger partial charge in [0.25, 0.3) is 0 Å². The SMILES string of the molecule is CCOC(C)OC(C)OC(=O)CCC(=O)O. The molecule has 6 heteroatoms. The summed E-state index contributed by atoms with van der Waals surface area (Å²) in [5.74, 6) is -1.63. The molecule has 16 heavy (non-hydrogen) atoms. The number of hydrogen-bond acceptors (Lipinski definition) is 5. The molecule has 2 unspecified atom stereocenters. The molecule has 0 bridgehead atoms. The molecule has 1 N–H and O–H groups in total. The molecule has 0 aromatic carbocycles. The molecular formula is C10H18O6. The molecule has 0 aromatic heterocycles.